The van der Waals surface area contributed by atoms with E-state index in [0.717, 1.165) is 16.3 Å². The van der Waals surface area contributed by atoms with Gasteiger partial charge in [0.1, 0.15) is 0 Å². The first-order chi connectivity index (χ1) is 14.5. The number of amides is 2. The molecule has 0 fully saturated rings. The third-order valence-corrected chi connectivity index (χ3v) is 6.48. The lowest BCUT2D eigenvalue weighted by atomic mass is 9.80. The minimum absolute atomic E-state index is 0.309. The zero-order valence-electron chi connectivity index (χ0n) is 16.8. The number of hydrazone groups is 1. The second-order valence-electron chi connectivity index (χ2n) is 7.44. The van der Waals surface area contributed by atoms with Crippen LogP contribution in [0.1, 0.15) is 24.5 Å². The van der Waals surface area contributed by atoms with Crippen molar-refractivity contribution in [3.63, 3.8) is 0 Å². The first-order valence-corrected chi connectivity index (χ1v) is 11.9. The van der Waals surface area contributed by atoms with Crippen LogP contribution in [0.3, 0.4) is 0 Å². The number of carbonyl (C=O) groups is 1. The summed E-state index contributed by atoms with van der Waals surface area (Å²) >= 11 is 10.9. The van der Waals surface area contributed by atoms with Crippen LogP contribution in [0.2, 0.25) is 5.02 Å². The maximum atomic E-state index is 13.1. The van der Waals surface area contributed by atoms with Crippen molar-refractivity contribution in [3.05, 3.63) is 63.1 Å². The smallest absolute Gasteiger partial charge is 0.306 e. The number of urea groups is 1. The van der Waals surface area contributed by atoms with Crippen molar-refractivity contribution in [2.45, 2.75) is 19.5 Å². The van der Waals surface area contributed by atoms with E-state index in [1.165, 1.54) is 17.1 Å². The van der Waals surface area contributed by atoms with Crippen LogP contribution in [0, 0.1) is 5.41 Å². The molecule has 2 aromatic rings. The van der Waals surface area contributed by atoms with Gasteiger partial charge in [0, 0.05) is 15.6 Å². The molecule has 4 nitrogen and oxygen atoms in total. The van der Waals surface area contributed by atoms with Gasteiger partial charge in [0.15, 0.2) is 0 Å². The van der Waals surface area contributed by atoms with Crippen molar-refractivity contribution >= 4 is 56.7 Å². The molecule has 1 atom stereocenters. The van der Waals surface area contributed by atoms with Crippen molar-refractivity contribution < 1.29 is 18.0 Å². The third-order valence-electron chi connectivity index (χ3n) is 5.03. The molecule has 2 amide bonds. The molecule has 0 spiro atoms. The van der Waals surface area contributed by atoms with Gasteiger partial charge in [0.25, 0.3) is 0 Å². The highest BCUT2D eigenvalue weighted by atomic mass is 79.9. The molecule has 31 heavy (non-hydrogen) atoms. The third kappa shape index (κ3) is 5.56. The second kappa shape index (κ2) is 9.42. The average Bonchev–Trinajstić information content (AvgIpc) is 3.05. The molecule has 1 aliphatic heterocycles. The number of nitrogens with zero attached hydrogens (tertiary/aromatic N) is 2. The van der Waals surface area contributed by atoms with E-state index in [-0.39, 0.29) is 0 Å². The molecule has 1 heterocycles. The molecule has 0 saturated carbocycles. The lowest BCUT2D eigenvalue weighted by Crippen LogP contribution is -2.36. The lowest BCUT2D eigenvalue weighted by Gasteiger charge is -2.26. The molecule has 2 aromatic carbocycles. The second-order valence-corrected chi connectivity index (χ2v) is 9.75. The highest BCUT2D eigenvalue weighted by Crippen LogP contribution is 2.39. The Balaban J connectivity index is 1.91. The number of nitrogens with one attached hydrogen (secondary N) is 1. The van der Waals surface area contributed by atoms with Crippen molar-refractivity contribution in [2.75, 3.05) is 23.9 Å². The van der Waals surface area contributed by atoms with E-state index in [4.69, 9.17) is 11.6 Å². The molecule has 0 radical (unpaired) electrons. The quantitative estimate of drug-likeness (QED) is 0.443. The molecule has 0 aliphatic carbocycles. The minimum atomic E-state index is -4.54. The Morgan fingerprint density at radius 3 is 2.55 bits per heavy atom. The zero-order chi connectivity index (χ0) is 22.8. The number of hydrogen-bond acceptors (Lipinski definition) is 3. The first-order valence-electron chi connectivity index (χ1n) is 9.33. The molecule has 0 aromatic heterocycles. The van der Waals surface area contributed by atoms with Crippen LogP contribution in [-0.2, 0) is 6.18 Å². The summed E-state index contributed by atoms with van der Waals surface area (Å²) in [7, 11) is 0. The lowest BCUT2D eigenvalue weighted by molar-refractivity contribution is -0.137. The monoisotopic (exact) mass is 533 g/mol. The topological polar surface area (TPSA) is 44.7 Å². The van der Waals surface area contributed by atoms with Crippen LogP contribution in [-0.4, -0.2) is 35.3 Å². The molecular formula is C21H20BrClF3N3OS. The summed E-state index contributed by atoms with van der Waals surface area (Å²) in [5, 5.41) is 8.22. The van der Waals surface area contributed by atoms with E-state index in [2.05, 4.69) is 26.3 Å². The number of halogens is 5. The normalized spacial score (nSPS) is 18.8. The number of hydrogen-bond donors (Lipinski definition) is 1. The van der Waals surface area contributed by atoms with E-state index in [0.29, 0.717) is 29.9 Å². The molecule has 10 heteroatoms. The van der Waals surface area contributed by atoms with Crippen LogP contribution in [0.5, 0.6) is 0 Å². The number of benzene rings is 2. The molecule has 1 aliphatic rings. The van der Waals surface area contributed by atoms with Gasteiger partial charge in [-0.15, -0.1) is 0 Å². The highest BCUT2D eigenvalue weighted by molar-refractivity contribution is 9.10. The predicted molar refractivity (Wildman–Crippen MR) is 124 cm³/mol. The van der Waals surface area contributed by atoms with Gasteiger partial charge < -0.3 is 5.32 Å². The van der Waals surface area contributed by atoms with Gasteiger partial charge in [0.05, 0.1) is 22.8 Å². The molecule has 3 rings (SSSR count). The summed E-state index contributed by atoms with van der Waals surface area (Å²) in [6.07, 6.45) is -1.86. The fourth-order valence-corrected chi connectivity index (χ4v) is 4.55. The Labute approximate surface area is 196 Å². The maximum absolute atomic E-state index is 13.1. The molecule has 0 bridgehead atoms. The fraction of sp³-hybridized carbons (Fsp3) is 0.333. The number of rotatable bonds is 5. The Bertz CT molecular complexity index is 1000. The molecule has 166 valence electrons. The summed E-state index contributed by atoms with van der Waals surface area (Å²) in [4.78, 5) is 12.8. The number of carbonyl (C=O) groups excluding carboxylic acids is 1. The largest absolute Gasteiger partial charge is 0.417 e. The summed E-state index contributed by atoms with van der Waals surface area (Å²) in [5.41, 5.74) is 0.208. The van der Waals surface area contributed by atoms with Crippen LogP contribution < -0.4 is 5.32 Å². The van der Waals surface area contributed by atoms with Crippen molar-refractivity contribution in [1.82, 2.24) is 5.01 Å². The molecular weight excluding hydrogens is 515 g/mol. The van der Waals surface area contributed by atoms with Crippen LogP contribution >= 0.6 is 39.3 Å². The zero-order valence-corrected chi connectivity index (χ0v) is 19.9. The summed E-state index contributed by atoms with van der Waals surface area (Å²) in [6, 6.07) is 10.3. The van der Waals surface area contributed by atoms with Gasteiger partial charge in [-0.1, -0.05) is 40.5 Å². The first kappa shape index (κ1) is 23.9. The van der Waals surface area contributed by atoms with Crippen LogP contribution in [0.25, 0.3) is 0 Å². The average molecular weight is 535 g/mol. The number of anilines is 1. The standard InChI is InChI=1S/C21H20BrClF3N3OS/c1-20(9-10-31-2)12-29(19(30)27-15-6-4-14(22)5-7-15)28-18(20)13-3-8-16(17(23)11-13)21(24,25)26/h3-8,11H,9-10,12H2,1-2H3,(H,27,30). The summed E-state index contributed by atoms with van der Waals surface area (Å²) in [6.45, 7) is 2.27. The van der Waals surface area contributed by atoms with Crippen LogP contribution in [0.15, 0.2) is 52.0 Å². The van der Waals surface area contributed by atoms with Gasteiger partial charge in [-0.2, -0.15) is 30.0 Å². The van der Waals surface area contributed by atoms with E-state index >= 15 is 0 Å². The number of alkyl halides is 3. The number of thioether (sulfide) groups is 1. The van der Waals surface area contributed by atoms with Gasteiger partial charge in [-0.05, 0) is 60.4 Å². The van der Waals surface area contributed by atoms with Crippen molar-refractivity contribution in [3.8, 4) is 0 Å². The SMILES string of the molecule is CSCCC1(C)CN(C(=O)Nc2ccc(Br)cc2)N=C1c1ccc(C(F)(F)F)c(Cl)c1. The molecule has 0 saturated heterocycles. The fourth-order valence-electron chi connectivity index (χ4n) is 3.34. The van der Waals surface area contributed by atoms with Gasteiger partial charge in [-0.25, -0.2) is 9.80 Å². The minimum Gasteiger partial charge on any atom is -0.306 e. The van der Waals surface area contributed by atoms with Crippen LogP contribution in [0.4, 0.5) is 23.7 Å². The van der Waals surface area contributed by atoms with Gasteiger partial charge in [0.2, 0.25) is 0 Å². The van der Waals surface area contributed by atoms with E-state index in [9.17, 15) is 18.0 Å². The maximum Gasteiger partial charge on any atom is 0.417 e. The summed E-state index contributed by atoms with van der Waals surface area (Å²) in [5.74, 6) is 0.812. The van der Waals surface area contributed by atoms with Gasteiger partial charge in [-0.3, -0.25) is 0 Å². The van der Waals surface area contributed by atoms with E-state index < -0.39 is 28.2 Å². The van der Waals surface area contributed by atoms with Crippen molar-refractivity contribution in [1.29, 1.82) is 0 Å². The highest BCUT2D eigenvalue weighted by Gasteiger charge is 2.42. The Hall–Kier alpha value is -1.71. The van der Waals surface area contributed by atoms with E-state index in [1.54, 1.807) is 36.0 Å². The Morgan fingerprint density at radius 2 is 1.97 bits per heavy atom. The van der Waals surface area contributed by atoms with E-state index in [1.807, 2.05) is 13.2 Å². The van der Waals surface area contributed by atoms with Crippen molar-refractivity contribution in [2.24, 2.45) is 10.5 Å². The Kier molecular flexibility index (Phi) is 7.28. The summed E-state index contributed by atoms with van der Waals surface area (Å²) < 4.78 is 40.2. The predicted octanol–water partition coefficient (Wildman–Crippen LogP) is 7.13. The molecule has 1 unspecified atom stereocenters. The molecule has 1 N–H and O–H groups in total. The van der Waals surface area contributed by atoms with Gasteiger partial charge >= 0.3 is 12.2 Å². The Morgan fingerprint density at radius 1 is 1.29 bits per heavy atom.